The standard InChI is InChI=1S/C26H33NO7/c1-3-4-5-6-7-8-9-12-17-33-25(28)21-13-10-11-14-22(21)26(29)34-19-20-15-16-23(27(30)31)24(18-20)32-2/h10-11,13-16,18H,3-9,12,17,19H2,1-2H3. The molecule has 2 aromatic rings. The molecule has 0 N–H and O–H groups in total. The lowest BCUT2D eigenvalue weighted by atomic mass is 10.1. The highest BCUT2D eigenvalue weighted by molar-refractivity contribution is 6.03. The molecular weight excluding hydrogens is 438 g/mol. The fourth-order valence-electron chi connectivity index (χ4n) is 3.51. The average Bonchev–Trinajstić information content (AvgIpc) is 2.85. The molecule has 8 heteroatoms. The number of nitro groups is 1. The molecule has 34 heavy (non-hydrogen) atoms. The van der Waals surface area contributed by atoms with Gasteiger partial charge in [0, 0.05) is 6.07 Å². The Labute approximate surface area is 200 Å². The van der Waals surface area contributed by atoms with E-state index in [9.17, 15) is 19.7 Å². The summed E-state index contributed by atoms with van der Waals surface area (Å²) in [4.78, 5) is 35.6. The van der Waals surface area contributed by atoms with Crippen LogP contribution >= 0.6 is 0 Å². The van der Waals surface area contributed by atoms with E-state index in [1.807, 2.05) is 0 Å². The zero-order valence-corrected chi connectivity index (χ0v) is 19.9. The van der Waals surface area contributed by atoms with Gasteiger partial charge in [-0.2, -0.15) is 0 Å². The number of hydrogen-bond donors (Lipinski definition) is 0. The summed E-state index contributed by atoms with van der Waals surface area (Å²) in [7, 11) is 1.33. The van der Waals surface area contributed by atoms with Crippen molar-refractivity contribution in [2.24, 2.45) is 0 Å². The van der Waals surface area contributed by atoms with Gasteiger partial charge in [0.15, 0.2) is 5.75 Å². The average molecular weight is 472 g/mol. The van der Waals surface area contributed by atoms with Crippen molar-refractivity contribution in [1.29, 1.82) is 0 Å². The van der Waals surface area contributed by atoms with E-state index >= 15 is 0 Å². The van der Waals surface area contributed by atoms with Crippen LogP contribution in [0.1, 0.15) is 84.6 Å². The summed E-state index contributed by atoms with van der Waals surface area (Å²) < 4.78 is 15.7. The van der Waals surface area contributed by atoms with Gasteiger partial charge >= 0.3 is 17.6 Å². The van der Waals surface area contributed by atoms with E-state index in [1.54, 1.807) is 12.1 Å². The number of benzene rings is 2. The van der Waals surface area contributed by atoms with Crippen molar-refractivity contribution >= 4 is 17.6 Å². The second kappa shape index (κ2) is 14.7. The van der Waals surface area contributed by atoms with Gasteiger partial charge in [-0.05, 0) is 36.2 Å². The van der Waals surface area contributed by atoms with Crippen molar-refractivity contribution in [3.05, 3.63) is 69.3 Å². The highest BCUT2D eigenvalue weighted by Crippen LogP contribution is 2.28. The molecule has 0 atom stereocenters. The zero-order valence-electron chi connectivity index (χ0n) is 19.9. The molecule has 0 aliphatic rings. The van der Waals surface area contributed by atoms with Gasteiger partial charge in [0.05, 0.1) is 29.8 Å². The number of hydrogen-bond acceptors (Lipinski definition) is 7. The normalized spacial score (nSPS) is 10.5. The summed E-state index contributed by atoms with van der Waals surface area (Å²) in [5, 5.41) is 11.0. The van der Waals surface area contributed by atoms with Gasteiger partial charge in [-0.3, -0.25) is 10.1 Å². The molecule has 0 aliphatic heterocycles. The van der Waals surface area contributed by atoms with E-state index in [0.717, 1.165) is 19.3 Å². The molecule has 0 saturated heterocycles. The highest BCUT2D eigenvalue weighted by atomic mass is 16.6. The monoisotopic (exact) mass is 471 g/mol. The second-order valence-electron chi connectivity index (χ2n) is 8.00. The van der Waals surface area contributed by atoms with Crippen LogP contribution in [0.2, 0.25) is 0 Å². The van der Waals surface area contributed by atoms with E-state index in [0.29, 0.717) is 12.2 Å². The Bertz CT molecular complexity index is 958. The molecule has 2 aromatic carbocycles. The number of carbonyl (C=O) groups excluding carboxylic acids is 2. The van der Waals surface area contributed by atoms with E-state index in [2.05, 4.69) is 6.92 Å². The van der Waals surface area contributed by atoms with E-state index < -0.39 is 16.9 Å². The van der Waals surface area contributed by atoms with Crippen LogP contribution in [0.15, 0.2) is 42.5 Å². The summed E-state index contributed by atoms with van der Waals surface area (Å²) in [5.41, 5.74) is 0.596. The van der Waals surface area contributed by atoms with Gasteiger partial charge in [-0.15, -0.1) is 0 Å². The number of esters is 2. The molecule has 184 valence electrons. The van der Waals surface area contributed by atoms with E-state index in [4.69, 9.17) is 14.2 Å². The fraction of sp³-hybridized carbons (Fsp3) is 0.462. The minimum atomic E-state index is -0.683. The Morgan fingerprint density at radius 2 is 1.44 bits per heavy atom. The second-order valence-corrected chi connectivity index (χ2v) is 8.00. The maximum absolute atomic E-state index is 12.6. The lowest BCUT2D eigenvalue weighted by Gasteiger charge is -2.10. The number of ether oxygens (including phenoxy) is 3. The van der Waals surface area contributed by atoms with Crippen LogP contribution in [0.4, 0.5) is 5.69 Å². The Morgan fingerprint density at radius 1 is 0.853 bits per heavy atom. The maximum Gasteiger partial charge on any atom is 0.339 e. The summed E-state index contributed by atoms with van der Waals surface area (Å²) in [6, 6.07) is 10.5. The zero-order chi connectivity index (χ0) is 24.8. The Balaban J connectivity index is 1.86. The molecule has 0 fully saturated rings. The highest BCUT2D eigenvalue weighted by Gasteiger charge is 2.20. The molecule has 0 spiro atoms. The first-order valence-corrected chi connectivity index (χ1v) is 11.7. The number of unbranched alkanes of at least 4 members (excludes halogenated alkanes) is 7. The first-order chi connectivity index (χ1) is 16.5. The quantitative estimate of drug-likeness (QED) is 0.131. The molecule has 0 bridgehead atoms. The minimum absolute atomic E-state index is 0.0727. The van der Waals surface area contributed by atoms with Crippen LogP contribution in [-0.2, 0) is 16.1 Å². The Hall–Kier alpha value is -3.42. The minimum Gasteiger partial charge on any atom is -0.490 e. The van der Waals surface area contributed by atoms with Crippen LogP contribution in [-0.4, -0.2) is 30.6 Å². The first kappa shape index (κ1) is 26.8. The molecular formula is C26H33NO7. The summed E-state index contributed by atoms with van der Waals surface area (Å²) in [6.07, 6.45) is 9.14. The molecule has 0 unspecified atom stereocenters. The largest absolute Gasteiger partial charge is 0.490 e. The molecule has 0 aromatic heterocycles. The number of methoxy groups -OCH3 is 1. The third-order valence-electron chi connectivity index (χ3n) is 5.41. The Kier molecular flexibility index (Phi) is 11.6. The topological polar surface area (TPSA) is 105 Å². The van der Waals surface area contributed by atoms with E-state index in [-0.39, 0.29) is 29.2 Å². The Morgan fingerprint density at radius 3 is 2.03 bits per heavy atom. The lowest BCUT2D eigenvalue weighted by Crippen LogP contribution is -2.14. The molecule has 0 amide bonds. The third kappa shape index (κ3) is 8.50. The van der Waals surface area contributed by atoms with Crippen LogP contribution in [0, 0.1) is 10.1 Å². The van der Waals surface area contributed by atoms with Crippen LogP contribution < -0.4 is 4.74 Å². The van der Waals surface area contributed by atoms with Crippen molar-refractivity contribution in [1.82, 2.24) is 0 Å². The first-order valence-electron chi connectivity index (χ1n) is 11.7. The van der Waals surface area contributed by atoms with Crippen molar-refractivity contribution in [2.45, 2.75) is 64.9 Å². The van der Waals surface area contributed by atoms with Gasteiger partial charge in [0.1, 0.15) is 6.61 Å². The SMILES string of the molecule is CCCCCCCCCCOC(=O)c1ccccc1C(=O)OCc1ccc([N+](=O)[O-])c(OC)c1. The van der Waals surface area contributed by atoms with Crippen molar-refractivity contribution in [3.8, 4) is 5.75 Å². The molecule has 0 aliphatic carbocycles. The van der Waals surface area contributed by atoms with Gasteiger partial charge in [-0.1, -0.05) is 64.0 Å². The van der Waals surface area contributed by atoms with Gasteiger partial charge < -0.3 is 14.2 Å². The summed E-state index contributed by atoms with van der Waals surface area (Å²) in [6.45, 7) is 2.37. The molecule has 0 saturated carbocycles. The molecule has 8 nitrogen and oxygen atoms in total. The third-order valence-corrected chi connectivity index (χ3v) is 5.41. The van der Waals surface area contributed by atoms with Crippen LogP contribution in [0.3, 0.4) is 0 Å². The summed E-state index contributed by atoms with van der Waals surface area (Å²) in [5.74, 6) is -1.17. The van der Waals surface area contributed by atoms with Gasteiger partial charge in [0.25, 0.3) is 0 Å². The molecule has 0 radical (unpaired) electrons. The van der Waals surface area contributed by atoms with Gasteiger partial charge in [0.2, 0.25) is 0 Å². The van der Waals surface area contributed by atoms with E-state index in [1.165, 1.54) is 69.5 Å². The smallest absolute Gasteiger partial charge is 0.339 e. The maximum atomic E-state index is 12.6. The lowest BCUT2D eigenvalue weighted by molar-refractivity contribution is -0.385. The molecule has 2 rings (SSSR count). The van der Waals surface area contributed by atoms with Gasteiger partial charge in [-0.25, -0.2) is 9.59 Å². The number of carbonyl (C=O) groups is 2. The predicted octanol–water partition coefficient (Wildman–Crippen LogP) is 6.26. The predicted molar refractivity (Wildman–Crippen MR) is 128 cm³/mol. The number of nitrogens with zero attached hydrogens (tertiary/aromatic N) is 1. The van der Waals surface area contributed by atoms with Crippen molar-refractivity contribution < 1.29 is 28.7 Å². The van der Waals surface area contributed by atoms with Crippen LogP contribution in [0.5, 0.6) is 5.75 Å². The van der Waals surface area contributed by atoms with Crippen LogP contribution in [0.25, 0.3) is 0 Å². The fourth-order valence-corrected chi connectivity index (χ4v) is 3.51. The van der Waals surface area contributed by atoms with Crippen molar-refractivity contribution in [3.63, 3.8) is 0 Å². The van der Waals surface area contributed by atoms with Crippen molar-refractivity contribution in [2.75, 3.05) is 13.7 Å². The summed E-state index contributed by atoms with van der Waals surface area (Å²) >= 11 is 0. The number of rotatable bonds is 15. The number of nitro benzene ring substituents is 1. The molecule has 0 heterocycles.